The lowest BCUT2D eigenvalue weighted by molar-refractivity contribution is -0.128. The van der Waals surface area contributed by atoms with Crippen LogP contribution in [0.3, 0.4) is 0 Å². The predicted octanol–water partition coefficient (Wildman–Crippen LogP) is 3.87. The summed E-state index contributed by atoms with van der Waals surface area (Å²) in [5.74, 6) is -0.977. The highest BCUT2D eigenvalue weighted by molar-refractivity contribution is 6.30. The molecule has 2 aromatic carbocycles. The lowest BCUT2D eigenvalue weighted by Crippen LogP contribution is -2.35. The number of rotatable bonds is 6. The van der Waals surface area contributed by atoms with Gasteiger partial charge in [-0.15, -0.1) is 0 Å². The van der Waals surface area contributed by atoms with Gasteiger partial charge in [0, 0.05) is 17.1 Å². The quantitative estimate of drug-likeness (QED) is 0.641. The molecule has 0 bridgehead atoms. The molecule has 28 heavy (non-hydrogen) atoms. The fourth-order valence-corrected chi connectivity index (χ4v) is 2.77. The zero-order valence-electron chi connectivity index (χ0n) is 15.6. The van der Waals surface area contributed by atoms with E-state index in [0.717, 1.165) is 5.56 Å². The van der Waals surface area contributed by atoms with Crippen LogP contribution in [-0.2, 0) is 9.53 Å². The van der Waals surface area contributed by atoms with E-state index >= 15 is 0 Å². The molecule has 1 N–H and O–H groups in total. The normalized spacial score (nSPS) is 11.7. The van der Waals surface area contributed by atoms with Crippen molar-refractivity contribution in [1.29, 1.82) is 0 Å². The molecule has 0 aliphatic heterocycles. The minimum absolute atomic E-state index is 0.229. The van der Waals surface area contributed by atoms with Crippen molar-refractivity contribution in [3.8, 4) is 16.9 Å². The summed E-state index contributed by atoms with van der Waals surface area (Å²) in [6, 6.07) is 18.1. The number of ether oxygens (including phenoxy) is 1. The van der Waals surface area contributed by atoms with Crippen LogP contribution in [0.15, 0.2) is 60.7 Å². The number of likely N-dealkylation sites (N-methyl/N-ethyl adjacent to an activating group) is 1. The summed E-state index contributed by atoms with van der Waals surface area (Å²) in [4.78, 5) is 24.7. The maximum Gasteiger partial charge on any atom is 0.357 e. The number of nitrogens with zero attached hydrogens (tertiary/aromatic N) is 2. The maximum atomic E-state index is 12.8. The highest BCUT2D eigenvalue weighted by atomic mass is 35.5. The zero-order chi connectivity index (χ0) is 20.1. The average molecular weight is 398 g/mol. The smallest absolute Gasteiger partial charge is 0.357 e. The van der Waals surface area contributed by atoms with Gasteiger partial charge in [-0.25, -0.2) is 9.48 Å². The van der Waals surface area contributed by atoms with E-state index in [9.17, 15) is 9.59 Å². The number of carbonyl (C=O) groups excluding carboxylic acids is 2. The minimum Gasteiger partial charge on any atom is -0.448 e. The molecule has 1 amide bonds. The van der Waals surface area contributed by atoms with E-state index in [1.807, 2.05) is 42.5 Å². The predicted molar refractivity (Wildman–Crippen MR) is 108 cm³/mol. The van der Waals surface area contributed by atoms with Crippen molar-refractivity contribution in [3.05, 3.63) is 71.4 Å². The molecule has 0 radical (unpaired) electrons. The Kier molecular flexibility index (Phi) is 6.11. The van der Waals surface area contributed by atoms with Gasteiger partial charge in [0.05, 0.1) is 11.4 Å². The topological polar surface area (TPSA) is 73.2 Å². The SMILES string of the molecule is CCNC(=O)[C@@H](C)OC(=O)c1cc(-c2ccc(Cl)cc2)nn1-c1ccccc1. The summed E-state index contributed by atoms with van der Waals surface area (Å²) in [6.07, 6.45) is -0.912. The molecule has 1 atom stereocenters. The number of hydrogen-bond donors (Lipinski definition) is 1. The number of nitrogens with one attached hydrogen (secondary N) is 1. The van der Waals surface area contributed by atoms with Crippen LogP contribution in [0.25, 0.3) is 16.9 Å². The Labute approximate surface area is 168 Å². The van der Waals surface area contributed by atoms with Crippen LogP contribution in [0, 0.1) is 0 Å². The summed E-state index contributed by atoms with van der Waals surface area (Å²) in [5, 5.41) is 7.81. The molecular formula is C21H20ClN3O3. The number of benzene rings is 2. The summed E-state index contributed by atoms with van der Waals surface area (Å²) in [7, 11) is 0. The molecule has 3 aromatic rings. The van der Waals surface area contributed by atoms with E-state index < -0.39 is 12.1 Å². The molecule has 0 unspecified atom stereocenters. The summed E-state index contributed by atoms with van der Waals surface area (Å²) < 4.78 is 6.86. The van der Waals surface area contributed by atoms with Crippen molar-refractivity contribution in [2.75, 3.05) is 6.54 Å². The first-order valence-corrected chi connectivity index (χ1v) is 9.27. The van der Waals surface area contributed by atoms with Gasteiger partial charge < -0.3 is 10.1 Å². The number of carbonyl (C=O) groups is 2. The number of hydrogen-bond acceptors (Lipinski definition) is 4. The van der Waals surface area contributed by atoms with E-state index in [4.69, 9.17) is 16.3 Å². The number of esters is 1. The standard InChI is InChI=1S/C21H20ClN3O3/c1-3-23-20(26)14(2)28-21(27)19-13-18(15-9-11-16(22)12-10-15)24-25(19)17-7-5-4-6-8-17/h4-14H,3H2,1-2H3,(H,23,26)/t14-/m1/s1. The minimum atomic E-state index is -0.912. The lowest BCUT2D eigenvalue weighted by atomic mass is 10.1. The Hall–Kier alpha value is -3.12. The fraction of sp³-hybridized carbons (Fsp3) is 0.190. The van der Waals surface area contributed by atoms with Gasteiger partial charge in [0.2, 0.25) is 0 Å². The number of amides is 1. The number of para-hydroxylation sites is 1. The molecule has 144 valence electrons. The maximum absolute atomic E-state index is 12.8. The monoisotopic (exact) mass is 397 g/mol. The highest BCUT2D eigenvalue weighted by Crippen LogP contribution is 2.24. The van der Waals surface area contributed by atoms with Crippen molar-refractivity contribution in [2.24, 2.45) is 0 Å². The summed E-state index contributed by atoms with van der Waals surface area (Å²) >= 11 is 5.96. The van der Waals surface area contributed by atoms with E-state index in [0.29, 0.717) is 22.9 Å². The van der Waals surface area contributed by atoms with Crippen LogP contribution >= 0.6 is 11.6 Å². The molecule has 0 fully saturated rings. The second-order valence-electron chi connectivity index (χ2n) is 6.11. The van der Waals surface area contributed by atoms with Crippen LogP contribution in [-0.4, -0.2) is 34.3 Å². The highest BCUT2D eigenvalue weighted by Gasteiger charge is 2.23. The summed E-state index contributed by atoms with van der Waals surface area (Å²) in [5.41, 5.74) is 2.34. The third kappa shape index (κ3) is 4.40. The van der Waals surface area contributed by atoms with E-state index in [1.165, 1.54) is 11.6 Å². The van der Waals surface area contributed by atoms with E-state index in [2.05, 4.69) is 10.4 Å². The molecule has 3 rings (SSSR count). The first-order chi connectivity index (χ1) is 13.5. The van der Waals surface area contributed by atoms with Crippen LogP contribution in [0.2, 0.25) is 5.02 Å². The van der Waals surface area contributed by atoms with Crippen molar-refractivity contribution < 1.29 is 14.3 Å². The van der Waals surface area contributed by atoms with Crippen molar-refractivity contribution in [2.45, 2.75) is 20.0 Å². The van der Waals surface area contributed by atoms with E-state index in [1.54, 1.807) is 25.1 Å². The van der Waals surface area contributed by atoms with Gasteiger partial charge in [0.25, 0.3) is 5.91 Å². The zero-order valence-corrected chi connectivity index (χ0v) is 16.3. The third-order valence-corrected chi connectivity index (χ3v) is 4.32. The van der Waals surface area contributed by atoms with Crippen molar-refractivity contribution >= 4 is 23.5 Å². The van der Waals surface area contributed by atoms with Crippen molar-refractivity contribution in [3.63, 3.8) is 0 Å². The molecular weight excluding hydrogens is 378 g/mol. The molecule has 1 aromatic heterocycles. The Morgan fingerprint density at radius 2 is 1.82 bits per heavy atom. The van der Waals surface area contributed by atoms with Crippen LogP contribution in [0.4, 0.5) is 0 Å². The second-order valence-corrected chi connectivity index (χ2v) is 6.55. The molecule has 0 aliphatic rings. The van der Waals surface area contributed by atoms with Crippen LogP contribution in [0.5, 0.6) is 0 Å². The molecule has 7 heteroatoms. The average Bonchev–Trinajstić information content (AvgIpc) is 3.15. The first-order valence-electron chi connectivity index (χ1n) is 8.89. The van der Waals surface area contributed by atoms with Crippen molar-refractivity contribution in [1.82, 2.24) is 15.1 Å². The van der Waals surface area contributed by atoms with Gasteiger partial charge in [0.15, 0.2) is 11.8 Å². The Bertz CT molecular complexity index is 968. The van der Waals surface area contributed by atoms with Gasteiger partial charge in [-0.3, -0.25) is 4.79 Å². The van der Waals surface area contributed by atoms with Gasteiger partial charge >= 0.3 is 5.97 Å². The molecule has 0 saturated heterocycles. The molecule has 0 saturated carbocycles. The molecule has 1 heterocycles. The third-order valence-electron chi connectivity index (χ3n) is 4.06. The Morgan fingerprint density at radius 1 is 1.14 bits per heavy atom. The number of aromatic nitrogens is 2. The molecule has 6 nitrogen and oxygen atoms in total. The molecule has 0 spiro atoms. The molecule has 0 aliphatic carbocycles. The van der Waals surface area contributed by atoms with E-state index in [-0.39, 0.29) is 11.6 Å². The Balaban J connectivity index is 1.97. The van der Waals surface area contributed by atoms with Crippen LogP contribution < -0.4 is 5.32 Å². The number of halogens is 1. The van der Waals surface area contributed by atoms with Gasteiger partial charge in [-0.2, -0.15) is 5.10 Å². The first kappa shape index (κ1) is 19.6. The Morgan fingerprint density at radius 3 is 2.46 bits per heavy atom. The second kappa shape index (κ2) is 8.71. The van der Waals surface area contributed by atoms with Crippen LogP contribution in [0.1, 0.15) is 24.3 Å². The lowest BCUT2D eigenvalue weighted by Gasteiger charge is -2.13. The van der Waals surface area contributed by atoms with Gasteiger partial charge in [0.1, 0.15) is 0 Å². The largest absolute Gasteiger partial charge is 0.448 e. The van der Waals surface area contributed by atoms with Gasteiger partial charge in [-0.05, 0) is 44.2 Å². The summed E-state index contributed by atoms with van der Waals surface area (Å²) in [6.45, 7) is 3.80. The fourth-order valence-electron chi connectivity index (χ4n) is 2.65. The van der Waals surface area contributed by atoms with Gasteiger partial charge in [-0.1, -0.05) is 41.9 Å².